The van der Waals surface area contributed by atoms with Gasteiger partial charge in [-0.2, -0.15) is 0 Å². The molecule has 5 rings (SSSR count). The number of benzene rings is 5. The lowest BCUT2D eigenvalue weighted by Crippen LogP contribution is -1.90. The molecule has 0 unspecified atom stereocenters. The Kier molecular flexibility index (Phi) is 5.89. The molecule has 0 aliphatic carbocycles. The highest BCUT2D eigenvalue weighted by atomic mass is 16.5. The molecule has 2 nitrogen and oxygen atoms in total. The highest BCUT2D eigenvalue weighted by Crippen LogP contribution is 2.32. The standard InChI is InChI=1S/C32H22O2/c1-33-25-17-11-23(12-18-25)15-21-31-27-7-3-5-9-29(27)32(30-10-6-4-8-28(30)31)22-16-24-13-19-26(34-2)20-14-24/h3-14,17-20H,1-2H3. The highest BCUT2D eigenvalue weighted by Gasteiger charge is 2.11. The molecule has 5 aromatic rings. The number of hydrogen-bond donors (Lipinski definition) is 0. The van der Waals surface area contributed by atoms with Crippen LogP contribution in [-0.4, -0.2) is 14.2 Å². The molecule has 0 amide bonds. The Balaban J connectivity index is 1.69. The van der Waals surface area contributed by atoms with E-state index in [1.165, 1.54) is 0 Å². The Morgan fingerprint density at radius 1 is 0.412 bits per heavy atom. The highest BCUT2D eigenvalue weighted by molar-refractivity contribution is 6.09. The van der Waals surface area contributed by atoms with Crippen molar-refractivity contribution in [1.82, 2.24) is 0 Å². The van der Waals surface area contributed by atoms with Gasteiger partial charge in [0.25, 0.3) is 0 Å². The first-order valence-electron chi connectivity index (χ1n) is 11.0. The maximum Gasteiger partial charge on any atom is 0.118 e. The molecular weight excluding hydrogens is 416 g/mol. The van der Waals surface area contributed by atoms with Gasteiger partial charge in [-0.15, -0.1) is 0 Å². The molecule has 0 N–H and O–H groups in total. The summed E-state index contributed by atoms with van der Waals surface area (Å²) in [5, 5.41) is 4.39. The fourth-order valence-electron chi connectivity index (χ4n) is 4.02. The van der Waals surface area contributed by atoms with Crippen LogP contribution in [0, 0.1) is 23.7 Å². The predicted octanol–water partition coefficient (Wildman–Crippen LogP) is 6.81. The monoisotopic (exact) mass is 438 g/mol. The zero-order valence-corrected chi connectivity index (χ0v) is 19.1. The molecular formula is C32H22O2. The van der Waals surface area contributed by atoms with Crippen molar-refractivity contribution in [2.45, 2.75) is 0 Å². The first-order chi connectivity index (χ1) is 16.8. The molecule has 0 spiro atoms. The zero-order chi connectivity index (χ0) is 23.3. The minimum atomic E-state index is 0.821. The second-order valence-corrected chi connectivity index (χ2v) is 7.80. The van der Waals surface area contributed by atoms with Gasteiger partial charge in [-0.05, 0) is 70.1 Å². The van der Waals surface area contributed by atoms with Gasteiger partial charge in [0, 0.05) is 22.3 Å². The SMILES string of the molecule is COc1ccc(C#Cc2c3ccccc3c(C#Cc3ccc(OC)cc3)c3ccccc23)cc1. The number of ether oxygens (including phenoxy) is 2. The smallest absolute Gasteiger partial charge is 0.118 e. The minimum absolute atomic E-state index is 0.821. The number of rotatable bonds is 2. The van der Waals surface area contributed by atoms with Crippen molar-refractivity contribution in [1.29, 1.82) is 0 Å². The molecule has 162 valence electrons. The fourth-order valence-corrected chi connectivity index (χ4v) is 4.02. The van der Waals surface area contributed by atoms with Crippen LogP contribution in [-0.2, 0) is 0 Å². The maximum absolute atomic E-state index is 5.26. The van der Waals surface area contributed by atoms with E-state index in [0.29, 0.717) is 0 Å². The van der Waals surface area contributed by atoms with Gasteiger partial charge in [-0.25, -0.2) is 0 Å². The molecule has 0 radical (unpaired) electrons. The van der Waals surface area contributed by atoms with Gasteiger partial charge in [0.15, 0.2) is 0 Å². The minimum Gasteiger partial charge on any atom is -0.497 e. The molecule has 0 atom stereocenters. The molecule has 34 heavy (non-hydrogen) atoms. The van der Waals surface area contributed by atoms with E-state index in [9.17, 15) is 0 Å². The third kappa shape index (κ3) is 4.18. The molecule has 5 aromatic carbocycles. The Morgan fingerprint density at radius 2 is 0.735 bits per heavy atom. The zero-order valence-electron chi connectivity index (χ0n) is 19.1. The van der Waals surface area contributed by atoms with E-state index in [2.05, 4.69) is 72.2 Å². The Labute approximate surface area is 199 Å². The van der Waals surface area contributed by atoms with Crippen LogP contribution >= 0.6 is 0 Å². The molecule has 0 fully saturated rings. The molecule has 0 heterocycles. The second kappa shape index (κ2) is 9.45. The Bertz CT molecular complexity index is 1420. The van der Waals surface area contributed by atoms with Crippen LogP contribution in [0.15, 0.2) is 97.1 Å². The van der Waals surface area contributed by atoms with Crippen molar-refractivity contribution in [3.63, 3.8) is 0 Å². The van der Waals surface area contributed by atoms with Crippen molar-refractivity contribution in [3.8, 4) is 35.2 Å². The molecule has 0 bridgehead atoms. The summed E-state index contributed by atoms with van der Waals surface area (Å²) in [4.78, 5) is 0. The molecule has 0 aromatic heterocycles. The summed E-state index contributed by atoms with van der Waals surface area (Å²) in [5.74, 6) is 15.2. The van der Waals surface area contributed by atoms with E-state index in [1.807, 2.05) is 48.5 Å². The molecule has 0 saturated carbocycles. The summed E-state index contributed by atoms with van der Waals surface area (Å²) in [6.07, 6.45) is 0. The van der Waals surface area contributed by atoms with Crippen LogP contribution in [0.3, 0.4) is 0 Å². The van der Waals surface area contributed by atoms with Crippen LogP contribution in [0.1, 0.15) is 22.3 Å². The summed E-state index contributed by atoms with van der Waals surface area (Å²) >= 11 is 0. The fraction of sp³-hybridized carbons (Fsp3) is 0.0625. The van der Waals surface area contributed by atoms with Gasteiger partial charge in [0.2, 0.25) is 0 Å². The maximum atomic E-state index is 5.26. The molecule has 0 saturated heterocycles. The van der Waals surface area contributed by atoms with E-state index < -0.39 is 0 Å². The average molecular weight is 439 g/mol. The summed E-state index contributed by atoms with van der Waals surface area (Å²) in [5.41, 5.74) is 3.91. The van der Waals surface area contributed by atoms with Gasteiger partial charge in [-0.1, -0.05) is 72.2 Å². The van der Waals surface area contributed by atoms with Crippen LogP contribution < -0.4 is 9.47 Å². The summed E-state index contributed by atoms with van der Waals surface area (Å²) < 4.78 is 10.5. The third-order valence-electron chi connectivity index (χ3n) is 5.78. The van der Waals surface area contributed by atoms with Gasteiger partial charge in [0.1, 0.15) is 11.5 Å². The van der Waals surface area contributed by atoms with Crippen LogP contribution in [0.5, 0.6) is 11.5 Å². The largest absolute Gasteiger partial charge is 0.497 e. The van der Waals surface area contributed by atoms with Crippen LogP contribution in [0.25, 0.3) is 21.5 Å². The van der Waals surface area contributed by atoms with E-state index in [-0.39, 0.29) is 0 Å². The lowest BCUT2D eigenvalue weighted by Gasteiger charge is -2.10. The van der Waals surface area contributed by atoms with Gasteiger partial charge in [0.05, 0.1) is 14.2 Å². The van der Waals surface area contributed by atoms with Gasteiger partial charge < -0.3 is 9.47 Å². The van der Waals surface area contributed by atoms with Crippen molar-refractivity contribution in [3.05, 3.63) is 119 Å². The molecule has 0 aliphatic rings. The van der Waals surface area contributed by atoms with Crippen LogP contribution in [0.2, 0.25) is 0 Å². The number of methoxy groups -OCH3 is 2. The van der Waals surface area contributed by atoms with E-state index in [4.69, 9.17) is 9.47 Å². The van der Waals surface area contributed by atoms with E-state index in [0.717, 1.165) is 55.3 Å². The van der Waals surface area contributed by atoms with Gasteiger partial charge >= 0.3 is 0 Å². The van der Waals surface area contributed by atoms with Crippen molar-refractivity contribution in [2.75, 3.05) is 14.2 Å². The van der Waals surface area contributed by atoms with Crippen molar-refractivity contribution < 1.29 is 9.47 Å². The average Bonchev–Trinajstić information content (AvgIpc) is 2.91. The van der Waals surface area contributed by atoms with E-state index >= 15 is 0 Å². The molecule has 0 aliphatic heterocycles. The Hall–Kier alpha value is -4.66. The summed E-state index contributed by atoms with van der Waals surface area (Å²) in [6.45, 7) is 0. The number of hydrogen-bond acceptors (Lipinski definition) is 2. The third-order valence-corrected chi connectivity index (χ3v) is 5.78. The second-order valence-electron chi connectivity index (χ2n) is 7.80. The number of fused-ring (bicyclic) bond motifs is 2. The van der Waals surface area contributed by atoms with Crippen molar-refractivity contribution >= 4 is 21.5 Å². The first kappa shape index (κ1) is 21.2. The predicted molar refractivity (Wildman–Crippen MR) is 139 cm³/mol. The van der Waals surface area contributed by atoms with Crippen LogP contribution in [0.4, 0.5) is 0 Å². The summed E-state index contributed by atoms with van der Waals surface area (Å²) in [7, 11) is 3.33. The molecule has 2 heteroatoms. The lowest BCUT2D eigenvalue weighted by molar-refractivity contribution is 0.414. The quantitative estimate of drug-likeness (QED) is 0.223. The topological polar surface area (TPSA) is 18.5 Å². The Morgan fingerprint density at radius 3 is 1.03 bits per heavy atom. The normalized spacial score (nSPS) is 10.2. The first-order valence-corrected chi connectivity index (χ1v) is 11.0. The summed E-state index contributed by atoms with van der Waals surface area (Å²) in [6, 6.07) is 32.3. The van der Waals surface area contributed by atoms with Crippen molar-refractivity contribution in [2.24, 2.45) is 0 Å². The van der Waals surface area contributed by atoms with E-state index in [1.54, 1.807) is 14.2 Å². The lowest BCUT2D eigenvalue weighted by atomic mass is 9.92. The van der Waals surface area contributed by atoms with Gasteiger partial charge in [-0.3, -0.25) is 0 Å².